The molecule has 0 bridgehead atoms. The maximum Gasteiger partial charge on any atom is 0.240 e. The number of nitrogens with zero attached hydrogens (tertiary/aromatic N) is 2. The van der Waals surface area contributed by atoms with Crippen LogP contribution in [0.3, 0.4) is 0 Å². The summed E-state index contributed by atoms with van der Waals surface area (Å²) in [6, 6.07) is 13.5. The zero-order valence-electron chi connectivity index (χ0n) is 16.1. The number of thiazole rings is 1. The number of rotatable bonds is 7. The molecule has 0 saturated heterocycles. The van der Waals surface area contributed by atoms with Crippen LogP contribution in [0.15, 0.2) is 53.9 Å². The van der Waals surface area contributed by atoms with Crippen LogP contribution in [-0.2, 0) is 9.59 Å². The highest BCUT2D eigenvalue weighted by Gasteiger charge is 2.13. The van der Waals surface area contributed by atoms with Gasteiger partial charge in [-0.3, -0.25) is 14.5 Å². The number of hydrogen-bond acceptors (Lipinski definition) is 5. The van der Waals surface area contributed by atoms with Crippen LogP contribution in [0, 0.1) is 12.7 Å². The minimum Gasteiger partial charge on any atom is -0.325 e. The van der Waals surface area contributed by atoms with E-state index in [0.717, 1.165) is 16.8 Å². The first kappa shape index (κ1) is 20.6. The second-order valence-electron chi connectivity index (χ2n) is 6.68. The Labute approximate surface area is 172 Å². The Morgan fingerprint density at radius 3 is 2.28 bits per heavy atom. The van der Waals surface area contributed by atoms with Gasteiger partial charge in [0.05, 0.1) is 18.8 Å². The zero-order chi connectivity index (χ0) is 20.8. The number of benzene rings is 2. The molecule has 2 N–H and O–H groups in total. The van der Waals surface area contributed by atoms with Crippen LogP contribution >= 0.6 is 11.3 Å². The molecule has 0 atom stereocenters. The highest BCUT2D eigenvalue weighted by Crippen LogP contribution is 2.25. The van der Waals surface area contributed by atoms with Gasteiger partial charge in [0.1, 0.15) is 5.82 Å². The van der Waals surface area contributed by atoms with E-state index in [1.807, 2.05) is 31.2 Å². The Morgan fingerprint density at radius 2 is 1.62 bits per heavy atom. The Bertz CT molecular complexity index is 987. The number of carbonyl (C=O) groups excluding carboxylic acids is 2. The Morgan fingerprint density at radius 1 is 1.00 bits per heavy atom. The maximum absolute atomic E-state index is 13.0. The fraction of sp³-hybridized carbons (Fsp3) is 0.190. The van der Waals surface area contributed by atoms with Crippen LogP contribution < -0.4 is 10.6 Å². The lowest BCUT2D eigenvalue weighted by Gasteiger charge is -2.15. The molecule has 1 aromatic heterocycles. The van der Waals surface area contributed by atoms with Gasteiger partial charge < -0.3 is 10.6 Å². The quantitative estimate of drug-likeness (QED) is 0.620. The minimum atomic E-state index is -0.313. The van der Waals surface area contributed by atoms with Crippen LogP contribution in [0.2, 0.25) is 0 Å². The fourth-order valence-electron chi connectivity index (χ4n) is 2.63. The largest absolute Gasteiger partial charge is 0.325 e. The summed E-state index contributed by atoms with van der Waals surface area (Å²) < 4.78 is 13.0. The standard InChI is InChI=1S/C21H21FN4O2S/c1-14-3-9-17(10-4-14)23-19(27)11-26(2)12-20(28)25-21-24-18(13-29-21)15-5-7-16(22)8-6-15/h3-10,13H,11-12H2,1-2H3,(H,23,27)(H,24,25,28). The van der Waals surface area contributed by atoms with Crippen LogP contribution in [0.25, 0.3) is 11.3 Å². The van der Waals surface area contributed by atoms with Crippen LogP contribution in [-0.4, -0.2) is 41.8 Å². The van der Waals surface area contributed by atoms with Gasteiger partial charge in [-0.25, -0.2) is 9.37 Å². The smallest absolute Gasteiger partial charge is 0.240 e. The molecular formula is C21H21FN4O2S. The van der Waals surface area contributed by atoms with Gasteiger partial charge in [0.2, 0.25) is 11.8 Å². The van der Waals surface area contributed by atoms with Gasteiger partial charge >= 0.3 is 0 Å². The average Bonchev–Trinajstić information content (AvgIpc) is 3.12. The van der Waals surface area contributed by atoms with Crippen molar-refractivity contribution < 1.29 is 14.0 Å². The molecule has 2 amide bonds. The first-order chi connectivity index (χ1) is 13.9. The molecule has 0 aliphatic heterocycles. The molecular weight excluding hydrogens is 391 g/mol. The van der Waals surface area contributed by atoms with E-state index in [4.69, 9.17) is 0 Å². The second-order valence-corrected chi connectivity index (χ2v) is 7.54. The Kier molecular flexibility index (Phi) is 6.69. The lowest BCUT2D eigenvalue weighted by molar-refractivity contribution is -0.119. The molecule has 0 aliphatic rings. The summed E-state index contributed by atoms with van der Waals surface area (Å²) in [5, 5.41) is 7.77. The van der Waals surface area contributed by atoms with Gasteiger partial charge in [-0.2, -0.15) is 0 Å². The molecule has 3 aromatic rings. The average molecular weight is 412 g/mol. The van der Waals surface area contributed by atoms with Crippen molar-refractivity contribution >= 4 is 34.0 Å². The highest BCUT2D eigenvalue weighted by molar-refractivity contribution is 7.14. The van der Waals surface area contributed by atoms with Crippen molar-refractivity contribution in [2.45, 2.75) is 6.92 Å². The van der Waals surface area contributed by atoms with Crippen molar-refractivity contribution in [3.05, 3.63) is 65.3 Å². The molecule has 29 heavy (non-hydrogen) atoms. The van der Waals surface area contributed by atoms with Gasteiger partial charge in [-0.1, -0.05) is 17.7 Å². The number of anilines is 2. The molecule has 150 valence electrons. The highest BCUT2D eigenvalue weighted by atomic mass is 32.1. The molecule has 0 unspecified atom stereocenters. The lowest BCUT2D eigenvalue weighted by atomic mass is 10.2. The number of likely N-dealkylation sites (N-methyl/N-ethyl adjacent to an activating group) is 1. The molecule has 0 fully saturated rings. The van der Waals surface area contributed by atoms with Gasteiger partial charge in [-0.15, -0.1) is 11.3 Å². The van der Waals surface area contributed by atoms with Crippen molar-refractivity contribution in [1.29, 1.82) is 0 Å². The third-order valence-corrected chi connectivity index (χ3v) is 4.81. The predicted molar refractivity (Wildman–Crippen MR) is 113 cm³/mol. The molecule has 1 heterocycles. The van der Waals surface area contributed by atoms with E-state index in [1.165, 1.54) is 23.5 Å². The van der Waals surface area contributed by atoms with Crippen LogP contribution in [0.4, 0.5) is 15.2 Å². The normalized spacial score (nSPS) is 10.8. The van der Waals surface area contributed by atoms with E-state index in [0.29, 0.717) is 10.8 Å². The molecule has 0 spiro atoms. The van der Waals surface area contributed by atoms with E-state index in [9.17, 15) is 14.0 Å². The molecule has 0 aliphatic carbocycles. The molecule has 0 radical (unpaired) electrons. The lowest BCUT2D eigenvalue weighted by Crippen LogP contribution is -2.36. The Balaban J connectivity index is 1.48. The summed E-state index contributed by atoms with van der Waals surface area (Å²) in [6.45, 7) is 2.11. The molecule has 8 heteroatoms. The van der Waals surface area contributed by atoms with E-state index >= 15 is 0 Å². The second kappa shape index (κ2) is 9.40. The van der Waals surface area contributed by atoms with Gasteiger partial charge in [0, 0.05) is 16.6 Å². The van der Waals surface area contributed by atoms with E-state index in [-0.39, 0.29) is 30.7 Å². The predicted octanol–water partition coefficient (Wildman–Crippen LogP) is 3.77. The summed E-state index contributed by atoms with van der Waals surface area (Å²) >= 11 is 1.29. The number of hydrogen-bond donors (Lipinski definition) is 2. The van der Waals surface area contributed by atoms with Crippen molar-refractivity contribution in [3.63, 3.8) is 0 Å². The van der Waals surface area contributed by atoms with Crippen molar-refractivity contribution in [2.75, 3.05) is 30.8 Å². The van der Waals surface area contributed by atoms with Crippen LogP contribution in [0.1, 0.15) is 5.56 Å². The summed E-state index contributed by atoms with van der Waals surface area (Å²) in [6.07, 6.45) is 0. The molecule has 0 saturated carbocycles. The number of amides is 2. The number of carbonyl (C=O) groups is 2. The first-order valence-corrected chi connectivity index (χ1v) is 9.83. The van der Waals surface area contributed by atoms with Crippen molar-refractivity contribution in [3.8, 4) is 11.3 Å². The molecule has 6 nitrogen and oxygen atoms in total. The zero-order valence-corrected chi connectivity index (χ0v) is 16.9. The number of halogens is 1. The van der Waals surface area contributed by atoms with E-state index < -0.39 is 0 Å². The number of nitrogens with one attached hydrogen (secondary N) is 2. The number of aryl methyl sites for hydroxylation is 1. The summed E-state index contributed by atoms with van der Waals surface area (Å²) in [5.74, 6) is -0.778. The topological polar surface area (TPSA) is 74.3 Å². The monoisotopic (exact) mass is 412 g/mol. The van der Waals surface area contributed by atoms with Crippen molar-refractivity contribution in [2.24, 2.45) is 0 Å². The fourth-order valence-corrected chi connectivity index (χ4v) is 3.36. The SMILES string of the molecule is Cc1ccc(NC(=O)CN(C)CC(=O)Nc2nc(-c3ccc(F)cc3)cs2)cc1. The molecule has 3 rings (SSSR count). The van der Waals surface area contributed by atoms with Gasteiger partial charge in [-0.05, 0) is 50.4 Å². The maximum atomic E-state index is 13.0. The summed E-state index contributed by atoms with van der Waals surface area (Å²) in [4.78, 5) is 30.3. The summed E-state index contributed by atoms with van der Waals surface area (Å²) in [5.41, 5.74) is 3.26. The van der Waals surface area contributed by atoms with E-state index in [2.05, 4.69) is 15.6 Å². The third-order valence-electron chi connectivity index (χ3n) is 4.05. The van der Waals surface area contributed by atoms with Gasteiger partial charge in [0.25, 0.3) is 0 Å². The Hall–Kier alpha value is -3.10. The number of aromatic nitrogens is 1. The first-order valence-electron chi connectivity index (χ1n) is 8.95. The summed E-state index contributed by atoms with van der Waals surface area (Å²) in [7, 11) is 1.69. The molecule has 2 aromatic carbocycles. The van der Waals surface area contributed by atoms with E-state index in [1.54, 1.807) is 29.5 Å². The third kappa shape index (κ3) is 6.20. The van der Waals surface area contributed by atoms with Gasteiger partial charge in [0.15, 0.2) is 5.13 Å². The minimum absolute atomic E-state index is 0.0484. The van der Waals surface area contributed by atoms with Crippen LogP contribution in [0.5, 0.6) is 0 Å². The van der Waals surface area contributed by atoms with Crippen molar-refractivity contribution in [1.82, 2.24) is 9.88 Å².